The molecule has 0 aliphatic rings. The highest BCUT2D eigenvalue weighted by Gasteiger charge is 2.20. The average molecular weight is 336 g/mol. The Labute approximate surface area is 131 Å². The molecule has 1 heterocycles. The van der Waals surface area contributed by atoms with Gasteiger partial charge in [0.15, 0.2) is 0 Å². The molecule has 0 saturated carbocycles. The molecule has 1 atom stereocenters. The van der Waals surface area contributed by atoms with E-state index in [0.29, 0.717) is 18.8 Å². The third-order valence-electron chi connectivity index (χ3n) is 2.85. The number of hydrogen-bond donors (Lipinski definition) is 2. The monoisotopic (exact) mass is 335 g/mol. The fourth-order valence-corrected chi connectivity index (χ4v) is 3.24. The predicted molar refractivity (Wildman–Crippen MR) is 84.3 cm³/mol. The van der Waals surface area contributed by atoms with Gasteiger partial charge < -0.3 is 10.1 Å². The zero-order valence-electron chi connectivity index (χ0n) is 12.5. The summed E-state index contributed by atoms with van der Waals surface area (Å²) in [5, 5.41) is 3.32. The predicted octanol–water partition coefficient (Wildman–Crippen LogP) is 2.26. The smallest absolute Gasteiger partial charge is 0.242 e. The molecule has 6 nitrogen and oxygen atoms in total. The summed E-state index contributed by atoms with van der Waals surface area (Å²) < 4.78 is 32.1. The number of halogens is 1. The molecule has 0 aliphatic carbocycles. The molecule has 0 amide bonds. The van der Waals surface area contributed by atoms with Gasteiger partial charge in [0.1, 0.15) is 10.7 Å². The van der Waals surface area contributed by atoms with Crippen molar-refractivity contribution in [2.45, 2.75) is 37.6 Å². The summed E-state index contributed by atoms with van der Waals surface area (Å²) in [7, 11) is -2.13. The van der Waals surface area contributed by atoms with E-state index in [-0.39, 0.29) is 16.0 Å². The number of methoxy groups -OCH3 is 1. The van der Waals surface area contributed by atoms with Crippen LogP contribution in [0.2, 0.25) is 5.02 Å². The normalized spacial score (nSPS) is 13.1. The largest absolute Gasteiger partial charge is 0.383 e. The molecule has 1 aromatic heterocycles. The van der Waals surface area contributed by atoms with Crippen LogP contribution in [-0.4, -0.2) is 39.7 Å². The number of aromatic nitrogens is 1. The van der Waals surface area contributed by atoms with E-state index in [1.54, 1.807) is 0 Å². The first-order chi connectivity index (χ1) is 9.94. The zero-order valence-corrected chi connectivity index (χ0v) is 14.1. The lowest BCUT2D eigenvalue weighted by atomic mass is 10.3. The molecule has 1 rings (SSSR count). The number of anilines is 1. The molecular formula is C13H22ClN3O3S. The van der Waals surface area contributed by atoms with Crippen molar-refractivity contribution in [2.24, 2.45) is 0 Å². The van der Waals surface area contributed by atoms with Crippen LogP contribution in [0.5, 0.6) is 0 Å². The van der Waals surface area contributed by atoms with Gasteiger partial charge in [-0.1, -0.05) is 25.4 Å². The molecule has 0 spiro atoms. The van der Waals surface area contributed by atoms with Crippen molar-refractivity contribution in [1.29, 1.82) is 0 Å². The fourth-order valence-electron chi connectivity index (χ4n) is 1.66. The minimum absolute atomic E-state index is 0.0455. The topological polar surface area (TPSA) is 80.3 Å². The summed E-state index contributed by atoms with van der Waals surface area (Å²) >= 11 is 6.06. The number of nitrogens with zero attached hydrogens (tertiary/aromatic N) is 1. The highest BCUT2D eigenvalue weighted by molar-refractivity contribution is 7.89. The zero-order chi connectivity index (χ0) is 15.9. The van der Waals surface area contributed by atoms with Gasteiger partial charge in [0.2, 0.25) is 10.0 Å². The summed E-state index contributed by atoms with van der Waals surface area (Å²) in [6.07, 6.45) is 2.85. The number of nitrogens with one attached hydrogen (secondary N) is 2. The molecule has 8 heteroatoms. The van der Waals surface area contributed by atoms with E-state index < -0.39 is 10.0 Å². The second kappa shape index (κ2) is 8.53. The van der Waals surface area contributed by atoms with Crippen molar-refractivity contribution in [2.75, 3.05) is 25.6 Å². The minimum Gasteiger partial charge on any atom is -0.383 e. The maximum Gasteiger partial charge on any atom is 0.242 e. The lowest BCUT2D eigenvalue weighted by Crippen LogP contribution is -2.37. The van der Waals surface area contributed by atoms with Crippen molar-refractivity contribution >= 4 is 27.4 Å². The Hall–Kier alpha value is -0.890. The van der Waals surface area contributed by atoms with E-state index in [2.05, 4.69) is 15.0 Å². The van der Waals surface area contributed by atoms with Gasteiger partial charge in [0.05, 0.1) is 11.6 Å². The van der Waals surface area contributed by atoms with E-state index >= 15 is 0 Å². The fraction of sp³-hybridized carbons (Fsp3) is 0.615. The van der Waals surface area contributed by atoms with Crippen LogP contribution in [-0.2, 0) is 14.8 Å². The first kappa shape index (κ1) is 18.2. The highest BCUT2D eigenvalue weighted by Crippen LogP contribution is 2.22. The van der Waals surface area contributed by atoms with E-state index in [1.807, 2.05) is 13.8 Å². The molecule has 0 saturated heterocycles. The number of pyridine rings is 1. The van der Waals surface area contributed by atoms with Crippen LogP contribution < -0.4 is 10.0 Å². The van der Waals surface area contributed by atoms with Crippen LogP contribution in [0.4, 0.5) is 5.82 Å². The third-order valence-corrected chi connectivity index (χ3v) is 4.63. The summed E-state index contributed by atoms with van der Waals surface area (Å²) in [6.45, 7) is 4.94. The first-order valence-electron chi connectivity index (χ1n) is 6.85. The number of rotatable bonds is 9. The quantitative estimate of drug-likeness (QED) is 0.723. The number of ether oxygens (including phenoxy) is 1. The third kappa shape index (κ3) is 5.43. The van der Waals surface area contributed by atoms with Crippen molar-refractivity contribution in [3.63, 3.8) is 0 Å². The second-order valence-electron chi connectivity index (χ2n) is 4.61. The molecule has 120 valence electrons. The van der Waals surface area contributed by atoms with Gasteiger partial charge in [-0.05, 0) is 18.9 Å². The van der Waals surface area contributed by atoms with Gasteiger partial charge in [0.25, 0.3) is 0 Å². The molecule has 0 aliphatic heterocycles. The lowest BCUT2D eigenvalue weighted by molar-refractivity contribution is 0.173. The molecular weight excluding hydrogens is 314 g/mol. The van der Waals surface area contributed by atoms with Crippen molar-refractivity contribution < 1.29 is 13.2 Å². The van der Waals surface area contributed by atoms with Gasteiger partial charge in [0, 0.05) is 25.9 Å². The summed E-state index contributed by atoms with van der Waals surface area (Å²) in [4.78, 5) is 4.11. The Kier molecular flexibility index (Phi) is 7.37. The van der Waals surface area contributed by atoms with Gasteiger partial charge in [-0.25, -0.2) is 18.1 Å². The highest BCUT2D eigenvalue weighted by atomic mass is 35.5. The molecule has 1 aromatic rings. The molecule has 0 fully saturated rings. The van der Waals surface area contributed by atoms with Gasteiger partial charge in [-0.3, -0.25) is 0 Å². The van der Waals surface area contributed by atoms with E-state index in [1.165, 1.54) is 19.4 Å². The molecule has 0 radical (unpaired) electrons. The van der Waals surface area contributed by atoms with E-state index in [4.69, 9.17) is 16.3 Å². The SMILES string of the molecule is CCCNc1ncc(S(=O)(=O)NC(CC)COC)cc1Cl. The van der Waals surface area contributed by atoms with Gasteiger partial charge >= 0.3 is 0 Å². The first-order valence-corrected chi connectivity index (χ1v) is 8.71. The van der Waals surface area contributed by atoms with Crippen molar-refractivity contribution in [3.05, 3.63) is 17.3 Å². The van der Waals surface area contributed by atoms with Gasteiger partial charge in [-0.2, -0.15) is 0 Å². The van der Waals surface area contributed by atoms with Crippen molar-refractivity contribution in [3.8, 4) is 0 Å². The lowest BCUT2D eigenvalue weighted by Gasteiger charge is -2.16. The molecule has 0 aromatic carbocycles. The summed E-state index contributed by atoms with van der Waals surface area (Å²) in [6, 6.07) is 1.12. The van der Waals surface area contributed by atoms with Crippen molar-refractivity contribution in [1.82, 2.24) is 9.71 Å². The van der Waals surface area contributed by atoms with Crippen LogP contribution in [0.15, 0.2) is 17.2 Å². The van der Waals surface area contributed by atoms with E-state index in [9.17, 15) is 8.42 Å². The summed E-state index contributed by atoms with van der Waals surface area (Å²) in [5.74, 6) is 0.487. The maximum absolute atomic E-state index is 12.3. The van der Waals surface area contributed by atoms with Crippen LogP contribution in [0.3, 0.4) is 0 Å². The second-order valence-corrected chi connectivity index (χ2v) is 6.73. The van der Waals surface area contributed by atoms with Gasteiger partial charge in [-0.15, -0.1) is 0 Å². The Morgan fingerprint density at radius 3 is 2.67 bits per heavy atom. The van der Waals surface area contributed by atoms with Crippen LogP contribution in [0, 0.1) is 0 Å². The molecule has 0 bridgehead atoms. The molecule has 21 heavy (non-hydrogen) atoms. The average Bonchev–Trinajstić information content (AvgIpc) is 2.45. The maximum atomic E-state index is 12.3. The van der Waals surface area contributed by atoms with Crippen LogP contribution in [0.1, 0.15) is 26.7 Å². The standard InChI is InChI=1S/C13H22ClN3O3S/c1-4-6-15-13-12(14)7-11(8-16-13)21(18,19)17-10(5-2)9-20-3/h7-8,10,17H,4-6,9H2,1-3H3,(H,15,16). The Bertz CT molecular complexity index is 552. The molecule has 1 unspecified atom stereocenters. The number of hydrogen-bond acceptors (Lipinski definition) is 5. The summed E-state index contributed by atoms with van der Waals surface area (Å²) in [5.41, 5.74) is 0. The number of sulfonamides is 1. The van der Waals surface area contributed by atoms with Crippen LogP contribution in [0.25, 0.3) is 0 Å². The van der Waals surface area contributed by atoms with Crippen LogP contribution >= 0.6 is 11.6 Å². The Balaban J connectivity index is 2.90. The Morgan fingerprint density at radius 2 is 2.14 bits per heavy atom. The Morgan fingerprint density at radius 1 is 1.43 bits per heavy atom. The molecule has 2 N–H and O–H groups in total. The van der Waals surface area contributed by atoms with E-state index in [0.717, 1.165) is 13.0 Å². The minimum atomic E-state index is -3.66.